The van der Waals surface area contributed by atoms with Gasteiger partial charge in [-0.05, 0) is 44.0 Å². The maximum Gasteiger partial charge on any atom is 0.284 e. The van der Waals surface area contributed by atoms with Crippen molar-refractivity contribution < 1.29 is 10.1 Å². The van der Waals surface area contributed by atoms with Crippen LogP contribution in [0.4, 0.5) is 5.69 Å². The maximum atomic E-state index is 12.8. The first-order chi connectivity index (χ1) is 11.1. The molecule has 0 saturated carbocycles. The Morgan fingerprint density at radius 1 is 1.17 bits per heavy atom. The van der Waals surface area contributed by atoms with Gasteiger partial charge in [-0.25, -0.2) is 0 Å². The fourth-order valence-electron chi connectivity index (χ4n) is 3.23. The van der Waals surface area contributed by atoms with Crippen molar-refractivity contribution in [3.8, 4) is 0 Å². The summed E-state index contributed by atoms with van der Waals surface area (Å²) in [4.78, 5) is 14.7. The molecule has 0 aliphatic carbocycles. The van der Waals surface area contributed by atoms with Crippen LogP contribution in [0.3, 0.4) is 0 Å². The lowest BCUT2D eigenvalue weighted by Crippen LogP contribution is -2.92. The summed E-state index contributed by atoms with van der Waals surface area (Å²) in [5, 5.41) is 2.84. The van der Waals surface area contributed by atoms with Crippen molar-refractivity contribution in [2.45, 2.75) is 32.4 Å². The second-order valence-electron chi connectivity index (χ2n) is 6.19. The van der Waals surface area contributed by atoms with Crippen LogP contribution in [0, 0.1) is 0 Å². The Hall–Kier alpha value is -1.84. The van der Waals surface area contributed by atoms with Crippen LogP contribution < -0.4 is 10.2 Å². The zero-order valence-electron chi connectivity index (χ0n) is 13.5. The van der Waals surface area contributed by atoms with Crippen molar-refractivity contribution in [2.24, 2.45) is 0 Å². The van der Waals surface area contributed by atoms with Gasteiger partial charge in [-0.3, -0.25) is 4.79 Å². The zero-order valence-corrected chi connectivity index (χ0v) is 14.3. The van der Waals surface area contributed by atoms with E-state index in [0.717, 1.165) is 29.2 Å². The first kappa shape index (κ1) is 16.0. The molecule has 1 heterocycles. The number of nitrogens with zero attached hydrogens (tertiary/aromatic N) is 1. The van der Waals surface area contributed by atoms with Crippen molar-refractivity contribution in [1.82, 2.24) is 0 Å². The molecule has 4 heteroatoms. The number of hydrogen-bond donors (Lipinski definition) is 1. The molecule has 3 nitrogen and oxygen atoms in total. The van der Waals surface area contributed by atoms with E-state index in [1.165, 1.54) is 5.56 Å². The first-order valence-electron chi connectivity index (χ1n) is 8.06. The van der Waals surface area contributed by atoms with Gasteiger partial charge in [0.25, 0.3) is 5.91 Å². The summed E-state index contributed by atoms with van der Waals surface area (Å²) in [6.07, 6.45) is 0.943. The summed E-state index contributed by atoms with van der Waals surface area (Å²) in [6.45, 7) is 4.86. The number of quaternary nitrogens is 1. The van der Waals surface area contributed by atoms with Crippen LogP contribution in [-0.4, -0.2) is 18.5 Å². The van der Waals surface area contributed by atoms with E-state index in [-0.39, 0.29) is 18.0 Å². The topological polar surface area (TPSA) is 36.9 Å². The van der Waals surface area contributed by atoms with Gasteiger partial charge in [-0.15, -0.1) is 0 Å². The molecule has 1 aliphatic heterocycles. The molecule has 0 bridgehead atoms. The van der Waals surface area contributed by atoms with Crippen molar-refractivity contribution in [3.05, 3.63) is 64.7 Å². The number of nitrogens with two attached hydrogens (primary N) is 1. The molecule has 3 rings (SSSR count). The highest BCUT2D eigenvalue weighted by Gasteiger charge is 2.30. The molecular formula is C19H22ClN2O+. The lowest BCUT2D eigenvalue weighted by molar-refractivity contribution is -0.710. The van der Waals surface area contributed by atoms with Crippen LogP contribution in [0.25, 0.3) is 0 Å². The highest BCUT2D eigenvalue weighted by Crippen LogP contribution is 2.27. The van der Waals surface area contributed by atoms with E-state index in [1.54, 1.807) is 0 Å². The number of para-hydroxylation sites is 1. The lowest BCUT2D eigenvalue weighted by atomic mass is 10.1. The van der Waals surface area contributed by atoms with Crippen LogP contribution in [0.5, 0.6) is 0 Å². The van der Waals surface area contributed by atoms with Gasteiger partial charge >= 0.3 is 0 Å². The molecule has 1 aliphatic rings. The molecule has 0 radical (unpaired) electrons. The Kier molecular flexibility index (Phi) is 4.69. The summed E-state index contributed by atoms with van der Waals surface area (Å²) < 4.78 is 0. The van der Waals surface area contributed by atoms with E-state index >= 15 is 0 Å². The minimum absolute atomic E-state index is 0.130. The molecular weight excluding hydrogens is 308 g/mol. The highest BCUT2D eigenvalue weighted by atomic mass is 35.5. The minimum atomic E-state index is -0.130. The van der Waals surface area contributed by atoms with Crippen LogP contribution >= 0.6 is 11.6 Å². The molecule has 0 saturated heterocycles. The summed E-state index contributed by atoms with van der Waals surface area (Å²) in [5.41, 5.74) is 3.46. The van der Waals surface area contributed by atoms with Gasteiger partial charge in [-0.1, -0.05) is 41.9 Å². The number of fused-ring (bicyclic) bond motifs is 1. The smallest absolute Gasteiger partial charge is 0.284 e. The maximum absolute atomic E-state index is 12.8. The van der Waals surface area contributed by atoms with Crippen LogP contribution in [0.15, 0.2) is 48.5 Å². The number of anilines is 1. The Labute approximate surface area is 142 Å². The molecule has 2 N–H and O–H groups in total. The molecule has 2 atom stereocenters. The number of benzene rings is 2. The van der Waals surface area contributed by atoms with E-state index < -0.39 is 0 Å². The van der Waals surface area contributed by atoms with Gasteiger partial charge < -0.3 is 10.2 Å². The zero-order chi connectivity index (χ0) is 16.4. The average molecular weight is 330 g/mol. The molecule has 0 fully saturated rings. The Morgan fingerprint density at radius 2 is 1.96 bits per heavy atom. The molecule has 2 aromatic carbocycles. The number of rotatable bonds is 4. The fraction of sp³-hybridized carbons (Fsp3) is 0.316. The van der Waals surface area contributed by atoms with E-state index in [4.69, 9.17) is 11.6 Å². The first-order valence-corrected chi connectivity index (χ1v) is 8.44. The number of carbonyl (C=O) groups is 1. The standard InChI is InChI=1S/C19H21ClN2O/c1-13(16-7-5-8-17(20)12-16)21-14(2)19(23)22-11-10-15-6-3-4-9-18(15)22/h3-9,12-14,21H,10-11H2,1-2H3/p+1/t13-,14+/m1/s1. The Morgan fingerprint density at radius 3 is 2.74 bits per heavy atom. The third kappa shape index (κ3) is 3.41. The molecule has 2 aromatic rings. The molecule has 0 aromatic heterocycles. The average Bonchev–Trinajstić information content (AvgIpc) is 2.98. The third-order valence-corrected chi connectivity index (χ3v) is 4.73. The minimum Gasteiger partial charge on any atom is -0.330 e. The predicted octanol–water partition coefficient (Wildman–Crippen LogP) is 2.94. The normalized spacial score (nSPS) is 16.0. The fourth-order valence-corrected chi connectivity index (χ4v) is 3.43. The summed E-state index contributed by atoms with van der Waals surface area (Å²) in [6, 6.07) is 16.1. The number of amides is 1. The number of halogens is 1. The highest BCUT2D eigenvalue weighted by molar-refractivity contribution is 6.30. The van der Waals surface area contributed by atoms with E-state index in [2.05, 4.69) is 24.4 Å². The molecule has 1 amide bonds. The monoisotopic (exact) mass is 329 g/mol. The molecule has 120 valence electrons. The van der Waals surface area contributed by atoms with Gasteiger partial charge in [0.05, 0.1) is 0 Å². The Balaban J connectivity index is 1.69. The largest absolute Gasteiger partial charge is 0.330 e. The van der Waals surface area contributed by atoms with Crippen LogP contribution in [0.1, 0.15) is 31.0 Å². The van der Waals surface area contributed by atoms with Crippen molar-refractivity contribution in [3.63, 3.8) is 0 Å². The summed E-state index contributed by atoms with van der Waals surface area (Å²) in [7, 11) is 0. The second kappa shape index (κ2) is 6.73. The molecule has 0 unspecified atom stereocenters. The van der Waals surface area contributed by atoms with Gasteiger partial charge in [0.2, 0.25) is 0 Å². The predicted molar refractivity (Wildman–Crippen MR) is 93.8 cm³/mol. The summed E-state index contributed by atoms with van der Waals surface area (Å²) in [5.74, 6) is 0.170. The van der Waals surface area contributed by atoms with Gasteiger partial charge in [-0.2, -0.15) is 0 Å². The number of carbonyl (C=O) groups excluding carboxylic acids is 1. The Bertz CT molecular complexity index is 716. The van der Waals surface area contributed by atoms with E-state index in [1.807, 2.05) is 48.2 Å². The van der Waals surface area contributed by atoms with Crippen LogP contribution in [-0.2, 0) is 11.2 Å². The lowest BCUT2D eigenvalue weighted by Gasteiger charge is -2.22. The third-order valence-electron chi connectivity index (χ3n) is 4.49. The second-order valence-corrected chi connectivity index (χ2v) is 6.63. The summed E-state index contributed by atoms with van der Waals surface area (Å²) >= 11 is 6.06. The van der Waals surface area contributed by atoms with Crippen molar-refractivity contribution >= 4 is 23.2 Å². The van der Waals surface area contributed by atoms with Crippen molar-refractivity contribution in [1.29, 1.82) is 0 Å². The van der Waals surface area contributed by atoms with Gasteiger partial charge in [0.15, 0.2) is 6.04 Å². The van der Waals surface area contributed by atoms with E-state index in [0.29, 0.717) is 0 Å². The van der Waals surface area contributed by atoms with Gasteiger partial charge in [0.1, 0.15) is 6.04 Å². The SMILES string of the molecule is C[C@H]([NH2+][C@H](C)c1cccc(Cl)c1)C(=O)N1CCc2ccccc21. The molecule has 23 heavy (non-hydrogen) atoms. The van der Waals surface area contributed by atoms with Gasteiger partial charge in [0, 0.05) is 22.8 Å². The van der Waals surface area contributed by atoms with E-state index in [9.17, 15) is 4.79 Å². The van der Waals surface area contributed by atoms with Crippen LogP contribution in [0.2, 0.25) is 5.02 Å². The number of hydrogen-bond acceptors (Lipinski definition) is 1. The quantitative estimate of drug-likeness (QED) is 0.920. The van der Waals surface area contributed by atoms with Crippen molar-refractivity contribution in [2.75, 3.05) is 11.4 Å². The molecule has 0 spiro atoms.